The number of hydrogen-bond donors (Lipinski definition) is 1. The highest BCUT2D eigenvalue weighted by Crippen LogP contribution is 2.35. The van der Waals surface area contributed by atoms with Gasteiger partial charge in [-0.2, -0.15) is 0 Å². The van der Waals surface area contributed by atoms with Crippen molar-refractivity contribution in [3.8, 4) is 11.4 Å². The van der Waals surface area contributed by atoms with Crippen molar-refractivity contribution in [2.45, 2.75) is 46.1 Å². The third-order valence-electron chi connectivity index (χ3n) is 6.19. The molecule has 1 saturated heterocycles. The van der Waals surface area contributed by atoms with E-state index < -0.39 is 11.7 Å². The molecule has 1 aromatic carbocycles. The molecule has 0 saturated carbocycles. The molecular formula is C26H30ClFN6O2. The van der Waals surface area contributed by atoms with Gasteiger partial charge in [-0.1, -0.05) is 17.7 Å². The van der Waals surface area contributed by atoms with E-state index in [4.69, 9.17) is 11.6 Å². The summed E-state index contributed by atoms with van der Waals surface area (Å²) in [5.74, 6) is 0.0562. The summed E-state index contributed by atoms with van der Waals surface area (Å²) in [6.07, 6.45) is 6.62. The molecule has 4 rings (SSSR count). The Morgan fingerprint density at radius 1 is 1.19 bits per heavy atom. The number of aromatic nitrogens is 3. The van der Waals surface area contributed by atoms with Gasteiger partial charge in [0, 0.05) is 51.1 Å². The van der Waals surface area contributed by atoms with Gasteiger partial charge in [-0.25, -0.2) is 14.4 Å². The topological polar surface area (TPSA) is 83.4 Å². The standard InChI is InChI=1S/C26H30ClFN6O2/c1-16(2)34-15-22(30-17(3)35)31-24(34)18-13-21(33-11-6-5-7-12-33)25(29-14-18)32(4)26(36)23-19(27)9-8-10-20(23)28/h8-10,13-16H,5-7,11-12H2,1-4H3,(H,30,35). The lowest BCUT2D eigenvalue weighted by Crippen LogP contribution is -2.34. The van der Waals surface area contributed by atoms with Gasteiger partial charge in [-0.3, -0.25) is 14.5 Å². The number of carbonyl (C=O) groups excluding carboxylic acids is 2. The maximum atomic E-state index is 14.5. The predicted molar refractivity (Wildman–Crippen MR) is 140 cm³/mol. The van der Waals surface area contributed by atoms with Crippen LogP contribution in [0.1, 0.15) is 56.4 Å². The van der Waals surface area contributed by atoms with Gasteiger partial charge < -0.3 is 14.8 Å². The zero-order valence-corrected chi connectivity index (χ0v) is 21.6. The van der Waals surface area contributed by atoms with Crippen molar-refractivity contribution in [1.82, 2.24) is 14.5 Å². The molecule has 1 aliphatic heterocycles. The Morgan fingerprint density at radius 3 is 2.56 bits per heavy atom. The second-order valence-electron chi connectivity index (χ2n) is 9.21. The van der Waals surface area contributed by atoms with Crippen LogP contribution >= 0.6 is 11.6 Å². The van der Waals surface area contributed by atoms with E-state index in [9.17, 15) is 14.0 Å². The van der Waals surface area contributed by atoms with Crippen LogP contribution in [-0.4, -0.2) is 46.5 Å². The SMILES string of the molecule is CC(=O)Nc1cn(C(C)C)c(-c2cnc(N(C)C(=O)c3c(F)cccc3Cl)c(N3CCCCC3)c2)n1. The van der Waals surface area contributed by atoms with E-state index in [1.165, 1.54) is 30.0 Å². The Kier molecular flexibility index (Phi) is 7.59. The molecule has 1 aliphatic rings. The van der Waals surface area contributed by atoms with Crippen LogP contribution in [-0.2, 0) is 4.79 Å². The van der Waals surface area contributed by atoms with Crippen LogP contribution in [0.15, 0.2) is 36.7 Å². The van der Waals surface area contributed by atoms with E-state index in [0.717, 1.165) is 43.6 Å². The first-order valence-corrected chi connectivity index (χ1v) is 12.4. The van der Waals surface area contributed by atoms with Crippen molar-refractivity contribution in [2.24, 2.45) is 0 Å². The Labute approximate surface area is 215 Å². The summed E-state index contributed by atoms with van der Waals surface area (Å²) in [5.41, 5.74) is 1.32. The minimum absolute atomic E-state index is 0.0486. The monoisotopic (exact) mass is 512 g/mol. The van der Waals surface area contributed by atoms with Crippen molar-refractivity contribution in [1.29, 1.82) is 0 Å². The van der Waals surface area contributed by atoms with Gasteiger partial charge in [-0.05, 0) is 51.3 Å². The number of pyridine rings is 1. The molecule has 0 atom stereocenters. The van der Waals surface area contributed by atoms with Crippen molar-refractivity contribution in [3.63, 3.8) is 0 Å². The highest BCUT2D eigenvalue weighted by atomic mass is 35.5. The number of anilines is 3. The Bertz CT molecular complexity index is 1270. The molecule has 0 bridgehead atoms. The third kappa shape index (κ3) is 5.21. The molecule has 0 aliphatic carbocycles. The molecule has 8 nitrogen and oxygen atoms in total. The predicted octanol–water partition coefficient (Wildman–Crippen LogP) is 5.54. The van der Waals surface area contributed by atoms with Crippen molar-refractivity contribution < 1.29 is 14.0 Å². The molecule has 10 heteroatoms. The second-order valence-corrected chi connectivity index (χ2v) is 9.61. The van der Waals surface area contributed by atoms with Gasteiger partial charge in [-0.15, -0.1) is 0 Å². The second kappa shape index (κ2) is 10.7. The van der Waals surface area contributed by atoms with E-state index in [-0.39, 0.29) is 22.5 Å². The maximum absolute atomic E-state index is 14.5. The van der Waals surface area contributed by atoms with Crippen molar-refractivity contribution in [2.75, 3.05) is 35.3 Å². The highest BCUT2D eigenvalue weighted by Gasteiger charge is 2.27. The largest absolute Gasteiger partial charge is 0.369 e. The summed E-state index contributed by atoms with van der Waals surface area (Å²) < 4.78 is 16.5. The summed E-state index contributed by atoms with van der Waals surface area (Å²) in [4.78, 5) is 37.7. The molecule has 0 spiro atoms. The van der Waals surface area contributed by atoms with Crippen LogP contribution in [0.4, 0.5) is 21.7 Å². The van der Waals surface area contributed by atoms with Crippen molar-refractivity contribution in [3.05, 3.63) is 53.1 Å². The lowest BCUT2D eigenvalue weighted by Gasteiger charge is -2.32. The Hall–Kier alpha value is -3.46. The normalized spacial score (nSPS) is 13.7. The zero-order chi connectivity index (χ0) is 26.0. The van der Waals surface area contributed by atoms with Crippen molar-refractivity contribution >= 4 is 40.7 Å². The Balaban J connectivity index is 1.80. The molecule has 36 heavy (non-hydrogen) atoms. The molecule has 3 heterocycles. The van der Waals surface area contributed by atoms with E-state index in [1.807, 2.05) is 24.5 Å². The molecule has 1 N–H and O–H groups in total. The first-order valence-electron chi connectivity index (χ1n) is 12.0. The van der Waals surface area contributed by atoms with Crippen LogP contribution in [0.25, 0.3) is 11.4 Å². The lowest BCUT2D eigenvalue weighted by molar-refractivity contribution is -0.114. The fourth-order valence-electron chi connectivity index (χ4n) is 4.40. The quantitative estimate of drug-likeness (QED) is 0.468. The minimum atomic E-state index is -0.681. The van der Waals surface area contributed by atoms with Gasteiger partial charge in [0.25, 0.3) is 5.91 Å². The number of amides is 2. The molecule has 1 fully saturated rings. The summed E-state index contributed by atoms with van der Waals surface area (Å²) in [5, 5.41) is 2.79. The van der Waals surface area contributed by atoms with E-state index in [0.29, 0.717) is 17.5 Å². The molecular weight excluding hydrogens is 483 g/mol. The molecule has 0 radical (unpaired) electrons. The third-order valence-corrected chi connectivity index (χ3v) is 6.51. The van der Waals surface area contributed by atoms with E-state index >= 15 is 0 Å². The maximum Gasteiger partial charge on any atom is 0.263 e. The van der Waals surface area contributed by atoms with Crippen LogP contribution in [0.5, 0.6) is 0 Å². The fraction of sp³-hybridized carbons (Fsp3) is 0.385. The average molecular weight is 513 g/mol. The van der Waals surface area contributed by atoms with E-state index in [2.05, 4.69) is 20.2 Å². The lowest BCUT2D eigenvalue weighted by atomic mass is 10.1. The van der Waals surface area contributed by atoms with Crippen LogP contribution in [0.3, 0.4) is 0 Å². The van der Waals surface area contributed by atoms with Gasteiger partial charge in [0.2, 0.25) is 5.91 Å². The first-order chi connectivity index (χ1) is 17.2. The molecule has 2 aromatic heterocycles. The fourth-order valence-corrected chi connectivity index (χ4v) is 4.65. The number of hydrogen-bond acceptors (Lipinski definition) is 5. The summed E-state index contributed by atoms with van der Waals surface area (Å²) in [6.45, 7) is 7.13. The average Bonchev–Trinajstić information content (AvgIpc) is 3.27. The van der Waals surface area contributed by atoms with Crippen LogP contribution < -0.4 is 15.1 Å². The number of imidazole rings is 1. The molecule has 3 aromatic rings. The van der Waals surface area contributed by atoms with Gasteiger partial charge >= 0.3 is 0 Å². The number of halogens is 2. The number of nitrogens with zero attached hydrogens (tertiary/aromatic N) is 5. The van der Waals surface area contributed by atoms with Gasteiger partial charge in [0.1, 0.15) is 11.6 Å². The van der Waals surface area contributed by atoms with Crippen LogP contribution in [0.2, 0.25) is 5.02 Å². The highest BCUT2D eigenvalue weighted by molar-refractivity contribution is 6.34. The Morgan fingerprint density at radius 2 is 1.92 bits per heavy atom. The molecule has 2 amide bonds. The van der Waals surface area contributed by atoms with Gasteiger partial charge in [0.05, 0.1) is 16.3 Å². The summed E-state index contributed by atoms with van der Waals surface area (Å²) in [7, 11) is 1.57. The number of rotatable bonds is 6. The number of benzene rings is 1. The number of nitrogens with one attached hydrogen (secondary N) is 1. The summed E-state index contributed by atoms with van der Waals surface area (Å²) in [6, 6.07) is 6.21. The number of piperidine rings is 1. The van der Waals surface area contributed by atoms with Gasteiger partial charge in [0.15, 0.2) is 11.6 Å². The number of carbonyl (C=O) groups is 2. The zero-order valence-electron chi connectivity index (χ0n) is 20.9. The van der Waals surface area contributed by atoms with Crippen LogP contribution in [0, 0.1) is 5.82 Å². The minimum Gasteiger partial charge on any atom is -0.369 e. The smallest absolute Gasteiger partial charge is 0.263 e. The summed E-state index contributed by atoms with van der Waals surface area (Å²) >= 11 is 6.18. The first kappa shape index (κ1) is 25.6. The van der Waals surface area contributed by atoms with E-state index in [1.54, 1.807) is 19.4 Å². The molecule has 0 unspecified atom stereocenters. The molecule has 190 valence electrons.